The van der Waals surface area contributed by atoms with Gasteiger partial charge in [0.05, 0.1) is 5.60 Å². The zero-order valence-electron chi connectivity index (χ0n) is 9.54. The zero-order chi connectivity index (χ0) is 11.6. The van der Waals surface area contributed by atoms with Crippen molar-refractivity contribution in [1.82, 2.24) is 5.32 Å². The predicted molar refractivity (Wildman–Crippen MR) is 66.6 cm³/mol. The van der Waals surface area contributed by atoms with E-state index in [4.69, 9.17) is 11.6 Å². The lowest BCUT2D eigenvalue weighted by molar-refractivity contribution is -0.0186. The Labute approximate surface area is 102 Å². The Balaban J connectivity index is 2.19. The molecule has 88 valence electrons. The van der Waals surface area contributed by atoms with E-state index in [0.717, 1.165) is 31.5 Å². The molecule has 0 spiro atoms. The van der Waals surface area contributed by atoms with E-state index in [1.807, 2.05) is 31.2 Å². The van der Waals surface area contributed by atoms with Crippen LogP contribution in [-0.2, 0) is 5.60 Å². The molecule has 1 aliphatic rings. The molecule has 1 heterocycles. The molecule has 1 aliphatic heterocycles. The van der Waals surface area contributed by atoms with E-state index in [1.54, 1.807) is 0 Å². The van der Waals surface area contributed by atoms with Gasteiger partial charge in [0.2, 0.25) is 0 Å². The van der Waals surface area contributed by atoms with Crippen LogP contribution in [0.15, 0.2) is 24.3 Å². The molecule has 1 aromatic rings. The molecule has 2 rings (SSSR count). The number of nitrogens with one attached hydrogen (secondary N) is 1. The quantitative estimate of drug-likeness (QED) is 0.832. The van der Waals surface area contributed by atoms with Crippen LogP contribution in [0.5, 0.6) is 0 Å². The van der Waals surface area contributed by atoms with Gasteiger partial charge in [0.15, 0.2) is 0 Å². The number of halogens is 1. The minimum Gasteiger partial charge on any atom is -0.385 e. The Hall–Kier alpha value is -0.570. The highest BCUT2D eigenvalue weighted by Crippen LogP contribution is 2.35. The fourth-order valence-electron chi connectivity index (χ4n) is 2.41. The van der Waals surface area contributed by atoms with E-state index < -0.39 is 5.60 Å². The third-order valence-corrected chi connectivity index (χ3v) is 3.81. The summed E-state index contributed by atoms with van der Waals surface area (Å²) < 4.78 is 0. The molecule has 16 heavy (non-hydrogen) atoms. The molecular weight excluding hydrogens is 222 g/mol. The summed E-state index contributed by atoms with van der Waals surface area (Å²) in [6.07, 6.45) is 2.05. The molecule has 0 amide bonds. The summed E-state index contributed by atoms with van der Waals surface area (Å²) in [7, 11) is 0. The number of rotatable bonds is 2. The van der Waals surface area contributed by atoms with Gasteiger partial charge in [-0.1, -0.05) is 23.7 Å². The average Bonchev–Trinajstić information content (AvgIpc) is 2.31. The summed E-state index contributed by atoms with van der Waals surface area (Å²) >= 11 is 5.86. The van der Waals surface area contributed by atoms with Crippen molar-refractivity contribution in [2.75, 3.05) is 13.1 Å². The topological polar surface area (TPSA) is 32.3 Å². The first-order chi connectivity index (χ1) is 7.60. The first-order valence-electron chi connectivity index (χ1n) is 5.80. The SMILES string of the molecule is C[C@](O)(c1ccc(Cl)cc1)C1CCNCC1. The van der Waals surface area contributed by atoms with E-state index in [9.17, 15) is 5.11 Å². The van der Waals surface area contributed by atoms with Crippen molar-refractivity contribution in [3.63, 3.8) is 0 Å². The minimum absolute atomic E-state index is 0.329. The van der Waals surface area contributed by atoms with Crippen molar-refractivity contribution < 1.29 is 5.11 Å². The number of benzene rings is 1. The third kappa shape index (κ3) is 2.40. The summed E-state index contributed by atoms with van der Waals surface area (Å²) in [5, 5.41) is 14.7. The van der Waals surface area contributed by atoms with Crippen molar-refractivity contribution in [2.24, 2.45) is 5.92 Å². The molecule has 0 bridgehead atoms. The highest BCUT2D eigenvalue weighted by Gasteiger charge is 2.34. The van der Waals surface area contributed by atoms with Crippen molar-refractivity contribution in [3.05, 3.63) is 34.9 Å². The largest absolute Gasteiger partial charge is 0.385 e. The highest BCUT2D eigenvalue weighted by atomic mass is 35.5. The number of aliphatic hydroxyl groups is 1. The molecule has 2 nitrogen and oxygen atoms in total. The number of hydrogen-bond donors (Lipinski definition) is 2. The van der Waals surface area contributed by atoms with Crippen LogP contribution >= 0.6 is 11.6 Å². The molecule has 0 saturated carbocycles. The maximum absolute atomic E-state index is 10.6. The smallest absolute Gasteiger partial charge is 0.0897 e. The summed E-state index contributed by atoms with van der Waals surface area (Å²) in [5.74, 6) is 0.329. The first-order valence-corrected chi connectivity index (χ1v) is 6.17. The lowest BCUT2D eigenvalue weighted by Gasteiger charge is -2.36. The molecule has 1 aromatic carbocycles. The van der Waals surface area contributed by atoms with E-state index in [-0.39, 0.29) is 0 Å². The number of hydrogen-bond acceptors (Lipinski definition) is 2. The van der Waals surface area contributed by atoms with Gasteiger partial charge in [-0.2, -0.15) is 0 Å². The van der Waals surface area contributed by atoms with Crippen LogP contribution in [0, 0.1) is 5.92 Å². The lowest BCUT2D eigenvalue weighted by Crippen LogP contribution is -2.39. The molecule has 3 heteroatoms. The molecule has 0 unspecified atom stereocenters. The fourth-order valence-corrected chi connectivity index (χ4v) is 2.53. The second kappa shape index (κ2) is 4.74. The van der Waals surface area contributed by atoms with Crippen LogP contribution in [-0.4, -0.2) is 18.2 Å². The van der Waals surface area contributed by atoms with Crippen molar-refractivity contribution in [1.29, 1.82) is 0 Å². The standard InChI is InChI=1S/C13H18ClNO/c1-13(16,11-6-8-15-9-7-11)10-2-4-12(14)5-3-10/h2-5,11,15-16H,6-9H2,1H3/t13-/m0/s1. The Morgan fingerprint density at radius 1 is 1.25 bits per heavy atom. The van der Waals surface area contributed by atoms with Gasteiger partial charge in [-0.3, -0.25) is 0 Å². The van der Waals surface area contributed by atoms with Crippen LogP contribution < -0.4 is 5.32 Å². The molecule has 0 aliphatic carbocycles. The molecule has 0 aromatic heterocycles. The monoisotopic (exact) mass is 239 g/mol. The van der Waals surface area contributed by atoms with Gasteiger partial charge in [-0.05, 0) is 56.5 Å². The third-order valence-electron chi connectivity index (χ3n) is 3.56. The van der Waals surface area contributed by atoms with Crippen LogP contribution in [0.1, 0.15) is 25.3 Å². The lowest BCUT2D eigenvalue weighted by atomic mass is 9.78. The summed E-state index contributed by atoms with van der Waals surface area (Å²) in [6, 6.07) is 7.52. The van der Waals surface area contributed by atoms with Gasteiger partial charge in [-0.25, -0.2) is 0 Å². The second-order valence-corrected chi connectivity index (χ2v) is 5.12. The van der Waals surface area contributed by atoms with Gasteiger partial charge in [0.25, 0.3) is 0 Å². The Bertz CT molecular complexity index is 341. The average molecular weight is 240 g/mol. The van der Waals surface area contributed by atoms with Gasteiger partial charge < -0.3 is 10.4 Å². The second-order valence-electron chi connectivity index (χ2n) is 4.68. The van der Waals surface area contributed by atoms with E-state index in [2.05, 4.69) is 5.32 Å². The zero-order valence-corrected chi connectivity index (χ0v) is 10.3. The Kier molecular flexibility index (Phi) is 3.53. The molecule has 1 atom stereocenters. The summed E-state index contributed by atoms with van der Waals surface area (Å²) in [5.41, 5.74) is 0.218. The Morgan fingerprint density at radius 3 is 2.38 bits per heavy atom. The normalized spacial score (nSPS) is 21.7. The van der Waals surface area contributed by atoms with Crippen LogP contribution in [0.2, 0.25) is 5.02 Å². The first kappa shape index (κ1) is 11.9. The predicted octanol–water partition coefficient (Wildman–Crippen LogP) is 2.55. The van der Waals surface area contributed by atoms with E-state index in [1.165, 1.54) is 0 Å². The number of piperidine rings is 1. The molecule has 0 radical (unpaired) electrons. The maximum Gasteiger partial charge on any atom is 0.0897 e. The van der Waals surface area contributed by atoms with Gasteiger partial charge in [-0.15, -0.1) is 0 Å². The van der Waals surface area contributed by atoms with Crippen LogP contribution in [0.4, 0.5) is 0 Å². The van der Waals surface area contributed by atoms with Gasteiger partial charge in [0, 0.05) is 5.02 Å². The van der Waals surface area contributed by atoms with Crippen molar-refractivity contribution in [3.8, 4) is 0 Å². The molecule has 2 N–H and O–H groups in total. The summed E-state index contributed by atoms with van der Waals surface area (Å²) in [6.45, 7) is 3.90. The fraction of sp³-hybridized carbons (Fsp3) is 0.538. The van der Waals surface area contributed by atoms with E-state index in [0.29, 0.717) is 10.9 Å². The van der Waals surface area contributed by atoms with Crippen molar-refractivity contribution >= 4 is 11.6 Å². The molecule has 1 saturated heterocycles. The maximum atomic E-state index is 10.6. The molecular formula is C13H18ClNO. The summed E-state index contributed by atoms with van der Waals surface area (Å²) in [4.78, 5) is 0. The van der Waals surface area contributed by atoms with Crippen LogP contribution in [0.3, 0.4) is 0 Å². The van der Waals surface area contributed by atoms with Crippen LogP contribution in [0.25, 0.3) is 0 Å². The van der Waals surface area contributed by atoms with Crippen molar-refractivity contribution in [2.45, 2.75) is 25.4 Å². The van der Waals surface area contributed by atoms with E-state index >= 15 is 0 Å². The highest BCUT2D eigenvalue weighted by molar-refractivity contribution is 6.30. The minimum atomic E-state index is -0.743. The Morgan fingerprint density at radius 2 is 1.81 bits per heavy atom. The molecule has 1 fully saturated rings. The van der Waals surface area contributed by atoms with Gasteiger partial charge in [0.1, 0.15) is 0 Å². The van der Waals surface area contributed by atoms with Gasteiger partial charge >= 0.3 is 0 Å².